The quantitative estimate of drug-likeness (QED) is 0.790. The lowest BCUT2D eigenvalue weighted by atomic mass is 10.4. The summed E-state index contributed by atoms with van der Waals surface area (Å²) in [4.78, 5) is 5.74. The van der Waals surface area contributed by atoms with Crippen molar-refractivity contribution >= 4 is 58.4 Å². The van der Waals surface area contributed by atoms with Gasteiger partial charge in [-0.1, -0.05) is 15.9 Å². The molecule has 3 rings (SSSR count). The third-order valence-electron chi connectivity index (χ3n) is 3.00. The maximum Gasteiger partial charge on any atom is 0.264 e. The van der Waals surface area contributed by atoms with E-state index >= 15 is 0 Å². The van der Waals surface area contributed by atoms with Crippen molar-refractivity contribution in [3.8, 4) is 0 Å². The van der Waals surface area contributed by atoms with Crippen molar-refractivity contribution in [1.29, 1.82) is 0 Å². The van der Waals surface area contributed by atoms with E-state index in [0.29, 0.717) is 14.1 Å². The summed E-state index contributed by atoms with van der Waals surface area (Å²) in [6.07, 6.45) is 3.04. The molecule has 0 atom stereocenters. The summed E-state index contributed by atoms with van der Waals surface area (Å²) >= 11 is 7.98. The number of rotatable bonds is 3. The zero-order valence-electron chi connectivity index (χ0n) is 10.2. The summed E-state index contributed by atoms with van der Waals surface area (Å²) in [5.41, 5.74) is 1.03. The van der Waals surface area contributed by atoms with E-state index < -0.39 is 10.0 Å². The number of hydrogen-bond acceptors (Lipinski definition) is 4. The number of fused-ring (bicyclic) bond motifs is 1. The lowest BCUT2D eigenvalue weighted by molar-refractivity contribution is 0.600. The van der Waals surface area contributed by atoms with Gasteiger partial charge in [-0.25, -0.2) is 13.4 Å². The molecule has 1 aliphatic rings. The lowest BCUT2D eigenvalue weighted by Gasteiger charge is -2.07. The Bertz CT molecular complexity index is 750. The molecule has 0 amide bonds. The fourth-order valence-electron chi connectivity index (χ4n) is 2.09. The summed E-state index contributed by atoms with van der Waals surface area (Å²) in [5.74, 6) is 0. The predicted molar refractivity (Wildman–Crippen MR) is 86.8 cm³/mol. The molecule has 8 heteroatoms. The van der Waals surface area contributed by atoms with Gasteiger partial charge in [0.1, 0.15) is 4.90 Å². The number of aryl methyl sites for hydroxylation is 2. The van der Waals surface area contributed by atoms with E-state index in [1.54, 1.807) is 18.2 Å². The second-order valence-corrected chi connectivity index (χ2v) is 8.93. The van der Waals surface area contributed by atoms with Crippen LogP contribution in [0.1, 0.15) is 17.0 Å². The van der Waals surface area contributed by atoms with Crippen LogP contribution in [0.3, 0.4) is 0 Å². The highest BCUT2D eigenvalue weighted by atomic mass is 79.9. The van der Waals surface area contributed by atoms with Crippen LogP contribution >= 0.6 is 43.2 Å². The Morgan fingerprint density at radius 1 is 1.25 bits per heavy atom. The summed E-state index contributed by atoms with van der Waals surface area (Å²) < 4.78 is 28.6. The Morgan fingerprint density at radius 3 is 2.80 bits per heavy atom. The SMILES string of the molecule is O=S(=O)(Nc1nc2c(s1)CCC2)c1cc(Br)ccc1Br. The molecule has 0 radical (unpaired) electrons. The van der Waals surface area contributed by atoms with Gasteiger partial charge in [-0.3, -0.25) is 4.72 Å². The molecule has 4 nitrogen and oxygen atoms in total. The van der Waals surface area contributed by atoms with Crippen molar-refractivity contribution < 1.29 is 8.42 Å². The monoisotopic (exact) mass is 436 g/mol. The maximum atomic E-state index is 12.4. The van der Waals surface area contributed by atoms with Gasteiger partial charge in [0.05, 0.1) is 5.69 Å². The number of nitrogens with one attached hydrogen (secondary N) is 1. The molecule has 1 heterocycles. The highest BCUT2D eigenvalue weighted by Gasteiger charge is 2.22. The van der Waals surface area contributed by atoms with Crippen molar-refractivity contribution in [3.63, 3.8) is 0 Å². The molecule has 20 heavy (non-hydrogen) atoms. The first-order valence-electron chi connectivity index (χ1n) is 5.92. The Morgan fingerprint density at radius 2 is 2.05 bits per heavy atom. The molecule has 0 spiro atoms. The lowest BCUT2D eigenvalue weighted by Crippen LogP contribution is -2.13. The van der Waals surface area contributed by atoms with Gasteiger partial charge in [-0.05, 0) is 53.4 Å². The number of thiazole rings is 1. The molecular formula is C12H10Br2N2O2S2. The first kappa shape index (κ1) is 14.5. The summed E-state index contributed by atoms with van der Waals surface area (Å²) in [7, 11) is -3.63. The molecule has 0 fully saturated rings. The predicted octanol–water partition coefficient (Wildman–Crippen LogP) is 3.96. The standard InChI is InChI=1S/C12H10Br2N2O2S2/c13-7-4-5-8(14)11(6-7)20(17,18)16-12-15-9-2-1-3-10(9)19-12/h4-6H,1-3H2,(H,15,16). The third-order valence-corrected chi connectivity index (χ3v) is 7.03. The molecular weight excluding hydrogens is 428 g/mol. The van der Waals surface area contributed by atoms with E-state index in [1.807, 2.05) is 0 Å². The van der Waals surface area contributed by atoms with Crippen molar-refractivity contribution in [2.24, 2.45) is 0 Å². The van der Waals surface area contributed by atoms with Crippen LogP contribution in [0.4, 0.5) is 5.13 Å². The molecule has 0 bridgehead atoms. The summed E-state index contributed by atoms with van der Waals surface area (Å²) in [6, 6.07) is 5.04. The first-order chi connectivity index (χ1) is 9.45. The molecule has 1 N–H and O–H groups in total. The molecule has 1 aromatic carbocycles. The first-order valence-corrected chi connectivity index (χ1v) is 9.81. The van der Waals surface area contributed by atoms with E-state index in [4.69, 9.17) is 0 Å². The van der Waals surface area contributed by atoms with E-state index in [9.17, 15) is 8.42 Å². The van der Waals surface area contributed by atoms with Gasteiger partial charge in [-0.15, -0.1) is 11.3 Å². The van der Waals surface area contributed by atoms with Gasteiger partial charge in [-0.2, -0.15) is 0 Å². The van der Waals surface area contributed by atoms with Crippen LogP contribution in [0, 0.1) is 0 Å². The van der Waals surface area contributed by atoms with E-state index in [0.717, 1.165) is 25.0 Å². The van der Waals surface area contributed by atoms with Gasteiger partial charge in [0, 0.05) is 13.8 Å². The van der Waals surface area contributed by atoms with Crippen LogP contribution < -0.4 is 4.72 Å². The highest BCUT2D eigenvalue weighted by Crippen LogP contribution is 2.33. The minimum absolute atomic E-state index is 0.197. The molecule has 106 valence electrons. The Labute approximate surface area is 137 Å². The maximum absolute atomic E-state index is 12.4. The molecule has 0 aliphatic heterocycles. The third kappa shape index (κ3) is 2.79. The van der Waals surface area contributed by atoms with Gasteiger partial charge in [0.2, 0.25) is 0 Å². The summed E-state index contributed by atoms with van der Waals surface area (Å²) in [6.45, 7) is 0. The van der Waals surface area contributed by atoms with E-state index in [2.05, 4.69) is 41.6 Å². The van der Waals surface area contributed by atoms with Crippen LogP contribution in [-0.4, -0.2) is 13.4 Å². The average molecular weight is 438 g/mol. The van der Waals surface area contributed by atoms with Gasteiger partial charge in [0.15, 0.2) is 5.13 Å². The molecule has 0 saturated carbocycles. The number of aromatic nitrogens is 1. The highest BCUT2D eigenvalue weighted by molar-refractivity contribution is 9.11. The molecule has 2 aromatic rings. The smallest absolute Gasteiger partial charge is 0.255 e. The topological polar surface area (TPSA) is 59.1 Å². The summed E-state index contributed by atoms with van der Waals surface area (Å²) in [5, 5.41) is 0.446. The molecule has 1 aliphatic carbocycles. The van der Waals surface area contributed by atoms with Gasteiger partial charge < -0.3 is 0 Å². The van der Waals surface area contributed by atoms with Crippen LogP contribution in [0.2, 0.25) is 0 Å². The number of anilines is 1. The number of halogens is 2. The largest absolute Gasteiger partial charge is 0.264 e. The Kier molecular flexibility index (Phi) is 3.91. The zero-order valence-corrected chi connectivity index (χ0v) is 15.0. The van der Waals surface area contributed by atoms with Crippen LogP contribution in [0.25, 0.3) is 0 Å². The van der Waals surface area contributed by atoms with Crippen molar-refractivity contribution in [3.05, 3.63) is 37.7 Å². The zero-order chi connectivity index (χ0) is 14.3. The fourth-order valence-corrected chi connectivity index (χ4v) is 5.87. The van der Waals surface area contributed by atoms with Crippen molar-refractivity contribution in [2.75, 3.05) is 4.72 Å². The minimum atomic E-state index is -3.63. The normalized spacial score (nSPS) is 14.3. The second kappa shape index (κ2) is 5.40. The minimum Gasteiger partial charge on any atom is -0.255 e. The Balaban J connectivity index is 1.93. The molecule has 1 aromatic heterocycles. The fraction of sp³-hybridized carbons (Fsp3) is 0.250. The van der Waals surface area contributed by atoms with Crippen molar-refractivity contribution in [2.45, 2.75) is 24.2 Å². The van der Waals surface area contributed by atoms with Crippen molar-refractivity contribution in [1.82, 2.24) is 4.98 Å². The Hall–Kier alpha value is -0.440. The average Bonchev–Trinajstić information content (AvgIpc) is 2.92. The van der Waals surface area contributed by atoms with Crippen LogP contribution in [0.15, 0.2) is 32.0 Å². The molecule has 0 saturated heterocycles. The number of benzene rings is 1. The second-order valence-electron chi connectivity index (χ2n) is 4.42. The van der Waals surface area contributed by atoms with Crippen LogP contribution in [-0.2, 0) is 22.9 Å². The molecule has 0 unspecified atom stereocenters. The van der Waals surface area contributed by atoms with Gasteiger partial charge in [0.25, 0.3) is 10.0 Å². The van der Waals surface area contributed by atoms with Gasteiger partial charge >= 0.3 is 0 Å². The van der Waals surface area contributed by atoms with Crippen LogP contribution in [0.5, 0.6) is 0 Å². The number of sulfonamides is 1. The number of hydrogen-bond donors (Lipinski definition) is 1. The number of nitrogens with zero attached hydrogens (tertiary/aromatic N) is 1. The van der Waals surface area contributed by atoms with E-state index in [1.165, 1.54) is 16.2 Å². The van der Waals surface area contributed by atoms with E-state index in [-0.39, 0.29) is 4.90 Å².